The first kappa shape index (κ1) is 21.1. The van der Waals surface area contributed by atoms with Crippen molar-refractivity contribution in [1.82, 2.24) is 5.32 Å². The zero-order chi connectivity index (χ0) is 19.9. The van der Waals surface area contributed by atoms with Crippen LogP contribution in [0.1, 0.15) is 47.7 Å². The Balaban J connectivity index is 2.04. The van der Waals surface area contributed by atoms with Gasteiger partial charge in [0, 0.05) is 18.2 Å². The van der Waals surface area contributed by atoms with Crippen LogP contribution in [0.3, 0.4) is 0 Å². The molecule has 0 aliphatic rings. The first-order valence-corrected chi connectivity index (χ1v) is 10.9. The van der Waals surface area contributed by atoms with E-state index < -0.39 is 9.84 Å². The largest absolute Gasteiger partial charge is 0.348 e. The highest BCUT2D eigenvalue weighted by atomic mass is 32.2. The smallest absolute Gasteiger partial charge is 0.251 e. The van der Waals surface area contributed by atoms with Crippen LogP contribution in [0, 0.1) is 6.92 Å². The van der Waals surface area contributed by atoms with E-state index in [1.807, 2.05) is 6.92 Å². The Labute approximate surface area is 161 Å². The molecule has 2 aromatic rings. The Morgan fingerprint density at radius 3 is 2.26 bits per heavy atom. The van der Waals surface area contributed by atoms with Crippen LogP contribution in [0.15, 0.2) is 53.4 Å². The molecule has 0 spiro atoms. The van der Waals surface area contributed by atoms with E-state index in [1.54, 1.807) is 48.5 Å². The number of hydrogen-bond donors (Lipinski definition) is 2. The summed E-state index contributed by atoms with van der Waals surface area (Å²) in [5, 5.41) is 2.93. The van der Waals surface area contributed by atoms with Crippen molar-refractivity contribution >= 4 is 15.7 Å². The molecule has 1 atom stereocenters. The molecular weight excluding hydrogens is 360 g/mol. The Bertz CT molecular complexity index is 844. The summed E-state index contributed by atoms with van der Waals surface area (Å²) < 4.78 is 25.0. The maximum atomic E-state index is 12.5. The number of nitrogens with one attached hydrogen (secondary N) is 1. The van der Waals surface area contributed by atoms with Gasteiger partial charge in [0.15, 0.2) is 9.84 Å². The van der Waals surface area contributed by atoms with Crippen molar-refractivity contribution in [3.63, 3.8) is 0 Å². The molecule has 0 aromatic heterocycles. The molecule has 0 saturated carbocycles. The minimum absolute atomic E-state index is 0.0426. The summed E-state index contributed by atoms with van der Waals surface area (Å²) >= 11 is 0. The zero-order valence-corrected chi connectivity index (χ0v) is 16.8. The molecule has 5 nitrogen and oxygen atoms in total. The van der Waals surface area contributed by atoms with Crippen LogP contribution in [0.25, 0.3) is 0 Å². The summed E-state index contributed by atoms with van der Waals surface area (Å²) in [7, 11) is -3.41. The standard InChI is InChI=1S/C21H28N2O3S/c1-3-4-5-19(14-22)23-21(24)18-10-8-17(9-11-18)15-27(25,26)20-12-6-16(2)7-13-20/h6-13,19H,3-5,14-15,22H2,1-2H3,(H,23,24). The summed E-state index contributed by atoms with van der Waals surface area (Å²) in [5.74, 6) is -0.283. The maximum absolute atomic E-state index is 12.5. The van der Waals surface area contributed by atoms with Crippen LogP contribution in [-0.4, -0.2) is 26.9 Å². The molecule has 0 aliphatic carbocycles. The van der Waals surface area contributed by atoms with E-state index >= 15 is 0 Å². The second kappa shape index (κ2) is 9.67. The number of aryl methyl sites for hydroxylation is 1. The molecule has 1 amide bonds. The maximum Gasteiger partial charge on any atom is 0.251 e. The molecule has 0 aliphatic heterocycles. The number of benzene rings is 2. The fraction of sp³-hybridized carbons (Fsp3) is 0.381. The molecule has 0 heterocycles. The van der Waals surface area contributed by atoms with Crippen LogP contribution in [0.2, 0.25) is 0 Å². The van der Waals surface area contributed by atoms with E-state index in [0.29, 0.717) is 22.6 Å². The summed E-state index contributed by atoms with van der Waals surface area (Å²) in [4.78, 5) is 12.6. The number of carbonyl (C=O) groups is 1. The molecule has 27 heavy (non-hydrogen) atoms. The van der Waals surface area contributed by atoms with Crippen LogP contribution in [0.5, 0.6) is 0 Å². The molecule has 146 valence electrons. The van der Waals surface area contributed by atoms with Crippen molar-refractivity contribution in [1.29, 1.82) is 0 Å². The number of amides is 1. The quantitative estimate of drug-likeness (QED) is 0.690. The van der Waals surface area contributed by atoms with Gasteiger partial charge in [-0.2, -0.15) is 0 Å². The van der Waals surface area contributed by atoms with Gasteiger partial charge >= 0.3 is 0 Å². The second-order valence-corrected chi connectivity index (χ2v) is 8.81. The Morgan fingerprint density at radius 1 is 1.07 bits per heavy atom. The molecule has 0 radical (unpaired) electrons. The lowest BCUT2D eigenvalue weighted by molar-refractivity contribution is 0.0935. The molecule has 0 saturated heterocycles. The Kier molecular flexibility index (Phi) is 7.56. The van der Waals surface area contributed by atoms with Crippen LogP contribution in [0.4, 0.5) is 0 Å². The molecule has 0 bridgehead atoms. The van der Waals surface area contributed by atoms with Crippen molar-refractivity contribution in [2.24, 2.45) is 5.73 Å². The zero-order valence-electron chi connectivity index (χ0n) is 15.9. The van der Waals surface area contributed by atoms with Gasteiger partial charge in [-0.25, -0.2) is 8.42 Å². The van der Waals surface area contributed by atoms with Crippen LogP contribution in [-0.2, 0) is 15.6 Å². The van der Waals surface area contributed by atoms with Crippen molar-refractivity contribution in [2.75, 3.05) is 6.54 Å². The Morgan fingerprint density at radius 2 is 1.70 bits per heavy atom. The number of rotatable bonds is 9. The van der Waals surface area contributed by atoms with Gasteiger partial charge in [0.1, 0.15) is 0 Å². The predicted molar refractivity (Wildman–Crippen MR) is 108 cm³/mol. The highest BCUT2D eigenvalue weighted by Crippen LogP contribution is 2.17. The van der Waals surface area contributed by atoms with Gasteiger partial charge in [-0.1, -0.05) is 49.6 Å². The second-order valence-electron chi connectivity index (χ2n) is 6.82. The summed E-state index contributed by atoms with van der Waals surface area (Å²) in [6.45, 7) is 4.41. The van der Waals surface area contributed by atoms with E-state index in [4.69, 9.17) is 5.73 Å². The molecule has 6 heteroatoms. The van der Waals surface area contributed by atoms with Crippen molar-refractivity contribution in [3.05, 3.63) is 65.2 Å². The first-order chi connectivity index (χ1) is 12.9. The number of hydrogen-bond acceptors (Lipinski definition) is 4. The summed E-state index contributed by atoms with van der Waals surface area (Å²) in [5.41, 5.74) is 7.88. The molecule has 1 unspecified atom stereocenters. The van der Waals surface area contributed by atoms with Gasteiger partial charge in [-0.05, 0) is 43.2 Å². The van der Waals surface area contributed by atoms with E-state index in [-0.39, 0.29) is 17.7 Å². The topological polar surface area (TPSA) is 89.3 Å². The highest BCUT2D eigenvalue weighted by Gasteiger charge is 2.16. The molecule has 2 rings (SSSR count). The lowest BCUT2D eigenvalue weighted by Crippen LogP contribution is -2.40. The van der Waals surface area contributed by atoms with Gasteiger partial charge in [0.2, 0.25) is 0 Å². The van der Waals surface area contributed by atoms with Gasteiger partial charge < -0.3 is 11.1 Å². The lowest BCUT2D eigenvalue weighted by Gasteiger charge is -2.16. The van der Waals surface area contributed by atoms with Gasteiger partial charge in [0.25, 0.3) is 5.91 Å². The molecule has 3 N–H and O–H groups in total. The third-order valence-corrected chi connectivity index (χ3v) is 6.18. The van der Waals surface area contributed by atoms with E-state index in [1.165, 1.54) is 0 Å². The normalized spacial score (nSPS) is 12.6. The van der Waals surface area contributed by atoms with E-state index in [2.05, 4.69) is 12.2 Å². The highest BCUT2D eigenvalue weighted by molar-refractivity contribution is 7.90. The SMILES string of the molecule is CCCCC(CN)NC(=O)c1ccc(CS(=O)(=O)c2ccc(C)cc2)cc1. The van der Waals surface area contributed by atoms with Gasteiger partial charge in [-0.3, -0.25) is 4.79 Å². The fourth-order valence-corrected chi connectivity index (χ4v) is 4.12. The summed E-state index contributed by atoms with van der Waals surface area (Å²) in [6.07, 6.45) is 2.92. The number of unbranched alkanes of at least 4 members (excludes halogenated alkanes) is 1. The minimum atomic E-state index is -3.41. The number of nitrogens with two attached hydrogens (primary N) is 1. The molecule has 0 fully saturated rings. The summed E-state index contributed by atoms with van der Waals surface area (Å²) in [6, 6.07) is 13.4. The molecule has 2 aromatic carbocycles. The number of carbonyl (C=O) groups excluding carboxylic acids is 1. The monoisotopic (exact) mass is 388 g/mol. The average Bonchev–Trinajstić information content (AvgIpc) is 2.65. The van der Waals surface area contributed by atoms with Crippen molar-refractivity contribution in [2.45, 2.75) is 49.8 Å². The van der Waals surface area contributed by atoms with Gasteiger partial charge in [-0.15, -0.1) is 0 Å². The number of sulfone groups is 1. The lowest BCUT2D eigenvalue weighted by atomic mass is 10.1. The van der Waals surface area contributed by atoms with Gasteiger partial charge in [0.05, 0.1) is 10.6 Å². The third-order valence-electron chi connectivity index (χ3n) is 4.48. The minimum Gasteiger partial charge on any atom is -0.348 e. The van der Waals surface area contributed by atoms with E-state index in [0.717, 1.165) is 24.8 Å². The molecular formula is C21H28N2O3S. The fourth-order valence-electron chi connectivity index (χ4n) is 2.77. The van der Waals surface area contributed by atoms with Crippen molar-refractivity contribution < 1.29 is 13.2 Å². The Hall–Kier alpha value is -2.18. The van der Waals surface area contributed by atoms with Crippen molar-refractivity contribution in [3.8, 4) is 0 Å². The average molecular weight is 389 g/mol. The van der Waals surface area contributed by atoms with Crippen LogP contribution >= 0.6 is 0 Å². The van der Waals surface area contributed by atoms with E-state index in [9.17, 15) is 13.2 Å². The first-order valence-electron chi connectivity index (χ1n) is 9.25. The predicted octanol–water partition coefficient (Wildman–Crippen LogP) is 3.22. The van der Waals surface area contributed by atoms with Crippen LogP contribution < -0.4 is 11.1 Å². The third kappa shape index (κ3) is 6.19.